The summed E-state index contributed by atoms with van der Waals surface area (Å²) < 4.78 is 1.90. The molecule has 20 heavy (non-hydrogen) atoms. The Kier molecular flexibility index (Phi) is 3.37. The molecule has 0 aliphatic heterocycles. The first-order valence-corrected chi connectivity index (χ1v) is 6.80. The van der Waals surface area contributed by atoms with Crippen LogP contribution in [0.5, 0.6) is 0 Å². The van der Waals surface area contributed by atoms with E-state index in [1.807, 2.05) is 42.0 Å². The molecular weight excluding hydrogens is 250 g/mol. The maximum absolute atomic E-state index is 11.9. The van der Waals surface area contributed by atoms with Crippen LogP contribution in [0.3, 0.4) is 0 Å². The summed E-state index contributed by atoms with van der Waals surface area (Å²) in [7, 11) is 0. The van der Waals surface area contributed by atoms with Crippen LogP contribution in [0, 0.1) is 5.92 Å². The molecule has 1 aromatic carbocycles. The highest BCUT2D eigenvalue weighted by Gasteiger charge is 2.23. The quantitative estimate of drug-likeness (QED) is 0.865. The summed E-state index contributed by atoms with van der Waals surface area (Å²) >= 11 is 0. The number of rotatable bonds is 4. The van der Waals surface area contributed by atoms with Gasteiger partial charge in [0.05, 0.1) is 6.33 Å². The monoisotopic (exact) mass is 267 g/mol. The Balaban J connectivity index is 1.73. The standard InChI is InChI=1S/C16H17N3O/c1-12(13-5-6-13)9-16(20)18-14-3-2-4-15(10-14)19-8-7-17-11-19/h2-4,7-11,13H,5-6H2,1H3,(H,18,20). The first-order chi connectivity index (χ1) is 9.72. The molecule has 102 valence electrons. The molecule has 1 aliphatic carbocycles. The second kappa shape index (κ2) is 5.33. The number of carbonyl (C=O) groups excluding carboxylic acids is 1. The van der Waals surface area contributed by atoms with E-state index in [2.05, 4.69) is 10.3 Å². The summed E-state index contributed by atoms with van der Waals surface area (Å²) in [6, 6.07) is 7.71. The fourth-order valence-electron chi connectivity index (χ4n) is 2.20. The van der Waals surface area contributed by atoms with E-state index in [0.717, 1.165) is 11.4 Å². The highest BCUT2D eigenvalue weighted by Crippen LogP contribution is 2.35. The van der Waals surface area contributed by atoms with Crippen molar-refractivity contribution in [1.82, 2.24) is 9.55 Å². The smallest absolute Gasteiger partial charge is 0.248 e. The number of benzene rings is 1. The highest BCUT2D eigenvalue weighted by molar-refractivity contribution is 5.99. The normalized spacial score (nSPS) is 15.2. The van der Waals surface area contributed by atoms with Gasteiger partial charge in [-0.25, -0.2) is 4.98 Å². The van der Waals surface area contributed by atoms with Crippen molar-refractivity contribution in [2.75, 3.05) is 5.32 Å². The third-order valence-corrected chi connectivity index (χ3v) is 3.50. The second-order valence-electron chi connectivity index (χ2n) is 5.17. The third kappa shape index (κ3) is 2.96. The molecule has 0 spiro atoms. The summed E-state index contributed by atoms with van der Waals surface area (Å²) in [6.45, 7) is 2.03. The van der Waals surface area contributed by atoms with Gasteiger partial charge in [-0.3, -0.25) is 4.79 Å². The van der Waals surface area contributed by atoms with Gasteiger partial charge in [0, 0.05) is 29.8 Å². The number of nitrogens with zero attached hydrogens (tertiary/aromatic N) is 2. The molecule has 0 radical (unpaired) electrons. The van der Waals surface area contributed by atoms with E-state index in [1.165, 1.54) is 18.4 Å². The molecule has 4 heteroatoms. The van der Waals surface area contributed by atoms with Gasteiger partial charge in [-0.1, -0.05) is 11.6 Å². The fraction of sp³-hybridized carbons (Fsp3) is 0.250. The molecule has 0 atom stereocenters. The minimum Gasteiger partial charge on any atom is -0.322 e. The summed E-state index contributed by atoms with van der Waals surface area (Å²) in [5.41, 5.74) is 2.94. The SMILES string of the molecule is CC(=CC(=O)Nc1cccc(-n2ccnc2)c1)C1CC1. The molecule has 1 heterocycles. The van der Waals surface area contributed by atoms with Gasteiger partial charge in [0.2, 0.25) is 5.91 Å². The van der Waals surface area contributed by atoms with Crippen LogP contribution in [-0.4, -0.2) is 15.5 Å². The van der Waals surface area contributed by atoms with Crippen molar-refractivity contribution in [1.29, 1.82) is 0 Å². The number of nitrogens with one attached hydrogen (secondary N) is 1. The number of allylic oxidation sites excluding steroid dienone is 1. The van der Waals surface area contributed by atoms with Gasteiger partial charge < -0.3 is 9.88 Å². The Bertz CT molecular complexity index is 640. The van der Waals surface area contributed by atoms with Crippen molar-refractivity contribution in [3.05, 3.63) is 54.6 Å². The van der Waals surface area contributed by atoms with Crippen LogP contribution in [0.4, 0.5) is 5.69 Å². The molecular formula is C16H17N3O. The van der Waals surface area contributed by atoms with Crippen LogP contribution in [0.2, 0.25) is 0 Å². The Hall–Kier alpha value is -2.36. The minimum atomic E-state index is -0.0582. The Morgan fingerprint density at radius 3 is 3.00 bits per heavy atom. The number of aromatic nitrogens is 2. The van der Waals surface area contributed by atoms with E-state index in [0.29, 0.717) is 5.92 Å². The Morgan fingerprint density at radius 1 is 1.45 bits per heavy atom. The topological polar surface area (TPSA) is 46.9 Å². The van der Waals surface area contributed by atoms with Gasteiger partial charge >= 0.3 is 0 Å². The Morgan fingerprint density at radius 2 is 2.30 bits per heavy atom. The zero-order valence-corrected chi connectivity index (χ0v) is 11.4. The molecule has 2 aromatic rings. The number of carbonyl (C=O) groups is 1. The number of hydrogen-bond acceptors (Lipinski definition) is 2. The van der Waals surface area contributed by atoms with Gasteiger partial charge in [-0.15, -0.1) is 0 Å². The first-order valence-electron chi connectivity index (χ1n) is 6.80. The highest BCUT2D eigenvalue weighted by atomic mass is 16.1. The lowest BCUT2D eigenvalue weighted by molar-refractivity contribution is -0.112. The molecule has 3 rings (SSSR count). The van der Waals surface area contributed by atoms with Gasteiger partial charge in [-0.05, 0) is 43.9 Å². The minimum absolute atomic E-state index is 0.0582. The summed E-state index contributed by atoms with van der Waals surface area (Å²) in [5, 5.41) is 2.91. The lowest BCUT2D eigenvalue weighted by Crippen LogP contribution is -2.09. The molecule has 1 aliphatic rings. The molecule has 0 saturated heterocycles. The molecule has 1 amide bonds. The zero-order valence-electron chi connectivity index (χ0n) is 11.4. The van der Waals surface area contributed by atoms with E-state index in [4.69, 9.17) is 0 Å². The molecule has 1 aromatic heterocycles. The van der Waals surface area contributed by atoms with Gasteiger partial charge in [-0.2, -0.15) is 0 Å². The number of anilines is 1. The van der Waals surface area contributed by atoms with Crippen LogP contribution in [0.25, 0.3) is 5.69 Å². The van der Waals surface area contributed by atoms with E-state index in [9.17, 15) is 4.79 Å². The van der Waals surface area contributed by atoms with Crippen molar-refractivity contribution < 1.29 is 4.79 Å². The largest absolute Gasteiger partial charge is 0.322 e. The predicted molar refractivity (Wildman–Crippen MR) is 78.7 cm³/mol. The van der Waals surface area contributed by atoms with E-state index in [-0.39, 0.29) is 5.91 Å². The van der Waals surface area contributed by atoms with Gasteiger partial charge in [0.1, 0.15) is 0 Å². The van der Waals surface area contributed by atoms with E-state index >= 15 is 0 Å². The maximum atomic E-state index is 11.9. The van der Waals surface area contributed by atoms with Crippen LogP contribution in [0.15, 0.2) is 54.6 Å². The molecule has 1 N–H and O–H groups in total. The second-order valence-corrected chi connectivity index (χ2v) is 5.17. The fourth-order valence-corrected chi connectivity index (χ4v) is 2.20. The van der Waals surface area contributed by atoms with Crippen LogP contribution >= 0.6 is 0 Å². The Labute approximate surface area is 118 Å². The third-order valence-electron chi connectivity index (χ3n) is 3.50. The lowest BCUT2D eigenvalue weighted by atomic mass is 10.2. The lowest BCUT2D eigenvalue weighted by Gasteiger charge is -2.07. The van der Waals surface area contributed by atoms with Crippen LogP contribution < -0.4 is 5.32 Å². The van der Waals surface area contributed by atoms with Crippen molar-refractivity contribution in [2.45, 2.75) is 19.8 Å². The first kappa shape index (κ1) is 12.7. The molecule has 1 saturated carbocycles. The average molecular weight is 267 g/mol. The maximum Gasteiger partial charge on any atom is 0.248 e. The van der Waals surface area contributed by atoms with Gasteiger partial charge in [0.15, 0.2) is 0 Å². The van der Waals surface area contributed by atoms with E-state index in [1.54, 1.807) is 18.6 Å². The zero-order chi connectivity index (χ0) is 13.9. The van der Waals surface area contributed by atoms with Crippen molar-refractivity contribution in [2.24, 2.45) is 5.92 Å². The molecule has 0 bridgehead atoms. The summed E-state index contributed by atoms with van der Waals surface area (Å²) in [4.78, 5) is 16.0. The summed E-state index contributed by atoms with van der Waals surface area (Å²) in [6.07, 6.45) is 9.47. The van der Waals surface area contributed by atoms with Crippen LogP contribution in [0.1, 0.15) is 19.8 Å². The van der Waals surface area contributed by atoms with Crippen molar-refractivity contribution in [3.63, 3.8) is 0 Å². The van der Waals surface area contributed by atoms with E-state index < -0.39 is 0 Å². The summed E-state index contributed by atoms with van der Waals surface area (Å²) in [5.74, 6) is 0.565. The molecule has 4 nitrogen and oxygen atoms in total. The predicted octanol–water partition coefficient (Wildman–Crippen LogP) is 3.17. The average Bonchev–Trinajstić information content (AvgIpc) is 3.14. The van der Waals surface area contributed by atoms with Crippen molar-refractivity contribution >= 4 is 11.6 Å². The number of hydrogen-bond donors (Lipinski definition) is 1. The van der Waals surface area contributed by atoms with Crippen LogP contribution in [-0.2, 0) is 4.79 Å². The van der Waals surface area contributed by atoms with Crippen molar-refractivity contribution in [3.8, 4) is 5.69 Å². The molecule has 0 unspecified atom stereocenters. The number of amides is 1. The van der Waals surface area contributed by atoms with Gasteiger partial charge in [0.25, 0.3) is 0 Å². The number of imidazole rings is 1. The molecule has 1 fully saturated rings.